The predicted octanol–water partition coefficient (Wildman–Crippen LogP) is -0.563. The number of hydrogen-bond donors (Lipinski definition) is 3. The van der Waals surface area contributed by atoms with E-state index >= 15 is 0 Å². The molecule has 1 fully saturated rings. The molecule has 3 N–H and O–H groups in total. The van der Waals surface area contributed by atoms with Crippen LogP contribution in [-0.4, -0.2) is 38.6 Å². The van der Waals surface area contributed by atoms with Crippen LogP contribution in [0.5, 0.6) is 0 Å². The van der Waals surface area contributed by atoms with Gasteiger partial charge in [-0.15, -0.1) is 0 Å². The lowest BCUT2D eigenvalue weighted by atomic mass is 10.2. The number of rotatable bonds is 3. The molecule has 3 rings (SSSR count). The second-order valence-corrected chi connectivity index (χ2v) is 4.80. The van der Waals surface area contributed by atoms with E-state index in [4.69, 9.17) is 14.3 Å². The van der Waals surface area contributed by atoms with Crippen LogP contribution in [0.2, 0.25) is 0 Å². The van der Waals surface area contributed by atoms with Crippen LogP contribution in [0, 0.1) is 0 Å². The van der Waals surface area contributed by atoms with Crippen LogP contribution in [0.3, 0.4) is 0 Å². The van der Waals surface area contributed by atoms with Crippen LogP contribution in [0.4, 0.5) is 0 Å². The molecule has 1 aliphatic rings. The van der Waals surface area contributed by atoms with Crippen LogP contribution in [0.15, 0.2) is 38.6 Å². The van der Waals surface area contributed by atoms with Gasteiger partial charge in [0.2, 0.25) is 0 Å². The maximum Gasteiger partial charge on any atom is 0.330 e. The lowest BCUT2D eigenvalue weighted by Crippen LogP contribution is -2.33. The number of aromatic amines is 1. The average Bonchev–Trinajstić information content (AvgIpc) is 3.08. The maximum absolute atomic E-state index is 11.9. The fourth-order valence-electron chi connectivity index (χ4n) is 2.36. The lowest BCUT2D eigenvalue weighted by molar-refractivity contribution is -0.0458. The molecule has 0 bridgehead atoms. The van der Waals surface area contributed by atoms with E-state index in [2.05, 4.69) is 4.98 Å². The first kappa shape index (κ1) is 13.8. The Morgan fingerprint density at radius 2 is 2.24 bits per heavy atom. The molecule has 8 heteroatoms. The van der Waals surface area contributed by atoms with E-state index in [1.807, 2.05) is 0 Å². The minimum atomic E-state index is -0.870. The average molecular weight is 294 g/mol. The minimum Gasteiger partial charge on any atom is -0.464 e. The summed E-state index contributed by atoms with van der Waals surface area (Å²) >= 11 is 0. The number of hydrogen-bond acceptors (Lipinski definition) is 6. The summed E-state index contributed by atoms with van der Waals surface area (Å²) in [6, 6.07) is 3.22. The molecule has 3 atom stereocenters. The molecular weight excluding hydrogens is 280 g/mol. The summed E-state index contributed by atoms with van der Waals surface area (Å²) < 4.78 is 11.7. The van der Waals surface area contributed by atoms with Crippen LogP contribution in [0.1, 0.15) is 12.6 Å². The van der Waals surface area contributed by atoms with Crippen LogP contribution in [0.25, 0.3) is 11.3 Å². The van der Waals surface area contributed by atoms with Crippen molar-refractivity contribution in [3.05, 3.63) is 45.4 Å². The zero-order valence-electron chi connectivity index (χ0n) is 10.9. The van der Waals surface area contributed by atoms with Gasteiger partial charge in [-0.05, 0) is 12.1 Å². The molecule has 0 spiro atoms. The van der Waals surface area contributed by atoms with Crippen molar-refractivity contribution in [1.82, 2.24) is 9.55 Å². The lowest BCUT2D eigenvalue weighted by Gasteiger charge is -2.14. The molecule has 21 heavy (non-hydrogen) atoms. The molecule has 1 saturated heterocycles. The standard InChI is InChI=1S/C13H14N2O6/c16-6-10-8(17)4-11(21-10)15-5-7(9-2-1-3-20-9)12(18)14-13(15)19/h1-3,5,8,10-11,16-17H,4,6H2,(H,14,18,19)/t8-,10+,11-/m0/s1. The summed E-state index contributed by atoms with van der Waals surface area (Å²) in [5, 5.41) is 18.8. The van der Waals surface area contributed by atoms with Gasteiger partial charge in [0.25, 0.3) is 5.56 Å². The molecule has 0 saturated carbocycles. The van der Waals surface area contributed by atoms with E-state index in [1.54, 1.807) is 12.1 Å². The molecule has 0 unspecified atom stereocenters. The molecular formula is C13H14N2O6. The third-order valence-electron chi connectivity index (χ3n) is 3.45. The van der Waals surface area contributed by atoms with E-state index in [9.17, 15) is 14.7 Å². The summed E-state index contributed by atoms with van der Waals surface area (Å²) in [7, 11) is 0. The summed E-state index contributed by atoms with van der Waals surface area (Å²) in [6.07, 6.45) is 0.523. The Morgan fingerprint density at radius 3 is 2.86 bits per heavy atom. The van der Waals surface area contributed by atoms with Gasteiger partial charge in [-0.1, -0.05) is 0 Å². The first-order valence-corrected chi connectivity index (χ1v) is 6.44. The minimum absolute atomic E-state index is 0.148. The normalized spacial score (nSPS) is 25.3. The highest BCUT2D eigenvalue weighted by Gasteiger charge is 2.35. The van der Waals surface area contributed by atoms with Crippen molar-refractivity contribution in [3.8, 4) is 11.3 Å². The number of aliphatic hydroxyl groups excluding tert-OH is 2. The number of H-pyrrole nitrogens is 1. The van der Waals surface area contributed by atoms with Crippen molar-refractivity contribution in [3.63, 3.8) is 0 Å². The monoisotopic (exact) mass is 294 g/mol. The Morgan fingerprint density at radius 1 is 1.43 bits per heavy atom. The van der Waals surface area contributed by atoms with E-state index in [0.717, 1.165) is 0 Å². The molecule has 0 radical (unpaired) electrons. The van der Waals surface area contributed by atoms with Gasteiger partial charge >= 0.3 is 5.69 Å². The smallest absolute Gasteiger partial charge is 0.330 e. The van der Waals surface area contributed by atoms with Crippen LogP contribution >= 0.6 is 0 Å². The predicted molar refractivity (Wildman–Crippen MR) is 70.6 cm³/mol. The Bertz CT molecular complexity index is 732. The Kier molecular flexibility index (Phi) is 3.50. The molecule has 8 nitrogen and oxygen atoms in total. The maximum atomic E-state index is 11.9. The van der Waals surface area contributed by atoms with Crippen molar-refractivity contribution < 1.29 is 19.4 Å². The van der Waals surface area contributed by atoms with E-state index < -0.39 is 29.7 Å². The number of ether oxygens (including phenoxy) is 1. The molecule has 3 heterocycles. The summed E-state index contributed by atoms with van der Waals surface area (Å²) in [5.41, 5.74) is -1.03. The first-order valence-electron chi connectivity index (χ1n) is 6.44. The van der Waals surface area contributed by atoms with Gasteiger partial charge in [-0.2, -0.15) is 0 Å². The van der Waals surface area contributed by atoms with E-state index in [0.29, 0.717) is 5.76 Å². The molecule has 2 aromatic heterocycles. The van der Waals surface area contributed by atoms with Gasteiger partial charge < -0.3 is 19.4 Å². The Hall–Kier alpha value is -2.16. The van der Waals surface area contributed by atoms with Crippen LogP contribution in [-0.2, 0) is 4.74 Å². The number of aliphatic hydroxyl groups is 2. The van der Waals surface area contributed by atoms with Crippen molar-refractivity contribution >= 4 is 0 Å². The second-order valence-electron chi connectivity index (χ2n) is 4.80. The van der Waals surface area contributed by atoms with Gasteiger partial charge in [0.1, 0.15) is 18.1 Å². The third-order valence-corrected chi connectivity index (χ3v) is 3.45. The van der Waals surface area contributed by atoms with Gasteiger partial charge in [0, 0.05) is 12.6 Å². The fraction of sp³-hybridized carbons (Fsp3) is 0.385. The zero-order valence-corrected chi connectivity index (χ0v) is 10.9. The SMILES string of the molecule is O=c1[nH]c(=O)n([C@@H]2C[C@H](O)[C@@H](CO)O2)cc1-c1ccco1. The molecule has 112 valence electrons. The van der Waals surface area contributed by atoms with Gasteiger partial charge in [-0.3, -0.25) is 14.3 Å². The van der Waals surface area contributed by atoms with E-state index in [1.165, 1.54) is 17.0 Å². The second kappa shape index (κ2) is 5.32. The summed E-state index contributed by atoms with van der Waals surface area (Å²) in [4.78, 5) is 25.9. The van der Waals surface area contributed by atoms with Crippen molar-refractivity contribution in [2.24, 2.45) is 0 Å². The third kappa shape index (κ3) is 2.44. The summed E-state index contributed by atoms with van der Waals surface area (Å²) in [5.74, 6) is 0.322. The van der Waals surface area contributed by atoms with Gasteiger partial charge in [0.05, 0.1) is 24.5 Å². The molecule has 1 aliphatic heterocycles. The topological polar surface area (TPSA) is 118 Å². The largest absolute Gasteiger partial charge is 0.464 e. The molecule has 0 aliphatic carbocycles. The van der Waals surface area contributed by atoms with E-state index in [-0.39, 0.29) is 18.6 Å². The van der Waals surface area contributed by atoms with Gasteiger partial charge in [0.15, 0.2) is 0 Å². The van der Waals surface area contributed by atoms with Crippen LogP contribution < -0.4 is 11.2 Å². The highest BCUT2D eigenvalue weighted by Crippen LogP contribution is 2.28. The molecule has 2 aromatic rings. The number of aromatic nitrogens is 2. The Balaban J connectivity index is 2.02. The summed E-state index contributed by atoms with van der Waals surface area (Å²) in [6.45, 7) is -0.346. The highest BCUT2D eigenvalue weighted by molar-refractivity contribution is 5.54. The fourth-order valence-corrected chi connectivity index (χ4v) is 2.36. The first-order chi connectivity index (χ1) is 10.1. The quantitative estimate of drug-likeness (QED) is 0.698. The van der Waals surface area contributed by atoms with Gasteiger partial charge in [-0.25, -0.2) is 4.79 Å². The van der Waals surface area contributed by atoms with Crippen molar-refractivity contribution in [1.29, 1.82) is 0 Å². The zero-order chi connectivity index (χ0) is 15.0. The Labute approximate surface area is 118 Å². The van der Waals surface area contributed by atoms with Crippen molar-refractivity contribution in [2.75, 3.05) is 6.61 Å². The number of furan rings is 1. The number of nitrogens with one attached hydrogen (secondary N) is 1. The molecule has 0 aromatic carbocycles. The molecule has 0 amide bonds. The number of nitrogens with zero attached hydrogens (tertiary/aromatic N) is 1. The highest BCUT2D eigenvalue weighted by atomic mass is 16.5. The van der Waals surface area contributed by atoms with Crippen molar-refractivity contribution in [2.45, 2.75) is 24.9 Å².